The number of halogens is 2. The summed E-state index contributed by atoms with van der Waals surface area (Å²) >= 11 is 13.9. The molecule has 0 radical (unpaired) electrons. The lowest BCUT2D eigenvalue weighted by Crippen LogP contribution is -2.00. The lowest BCUT2D eigenvalue weighted by molar-refractivity contribution is 0.602. The molecule has 0 fully saturated rings. The Morgan fingerprint density at radius 3 is 2.10 bits per heavy atom. The second-order valence-electron chi connectivity index (χ2n) is 6.45. The number of rotatable bonds is 4. The summed E-state index contributed by atoms with van der Waals surface area (Å²) in [6.45, 7) is 0. The monoisotopic (exact) mass is 459 g/mol. The second-order valence-corrected chi connectivity index (χ2v) is 10.3. The molecular formula is C22H15Cl2NO2S2. The average Bonchev–Trinajstić information content (AvgIpc) is 3.13. The third kappa shape index (κ3) is 4.09. The molecule has 146 valence electrons. The van der Waals surface area contributed by atoms with E-state index in [4.69, 9.17) is 28.2 Å². The third-order valence-electron chi connectivity index (χ3n) is 4.38. The van der Waals surface area contributed by atoms with E-state index in [1.165, 1.54) is 17.6 Å². The molecule has 0 aliphatic carbocycles. The quantitative estimate of drug-likeness (QED) is 0.335. The molecule has 0 saturated carbocycles. The first kappa shape index (κ1) is 20.1. The van der Waals surface area contributed by atoms with E-state index in [1.807, 2.05) is 42.5 Å². The Balaban J connectivity index is 2.01. The van der Waals surface area contributed by atoms with Gasteiger partial charge < -0.3 is 0 Å². The average molecular weight is 460 g/mol. The van der Waals surface area contributed by atoms with Crippen molar-refractivity contribution in [3.8, 4) is 32.3 Å². The van der Waals surface area contributed by atoms with Crippen molar-refractivity contribution in [1.82, 2.24) is 4.98 Å². The molecule has 0 aliphatic rings. The lowest BCUT2D eigenvalue weighted by atomic mass is 10.1. The smallest absolute Gasteiger partial charge is 0.176 e. The Morgan fingerprint density at radius 1 is 0.828 bits per heavy atom. The van der Waals surface area contributed by atoms with Gasteiger partial charge in [-0.3, -0.25) is 0 Å². The predicted molar refractivity (Wildman–Crippen MR) is 122 cm³/mol. The maximum absolute atomic E-state index is 12.4. The molecule has 0 saturated heterocycles. The fraction of sp³-hybridized carbons (Fsp3) is 0.0455. The van der Waals surface area contributed by atoms with Gasteiger partial charge in [-0.25, -0.2) is 13.4 Å². The standard InChI is InChI=1S/C22H15Cl2NO2S2/c1-29(26,27)19-9-5-3-7-17(19)20-21(14-10-12-15(23)13-11-14)28-22(25-20)16-6-2-4-8-18(16)24/h2-13H,1H3. The van der Waals surface area contributed by atoms with Crippen molar-refractivity contribution >= 4 is 44.4 Å². The van der Waals surface area contributed by atoms with E-state index in [2.05, 4.69) is 0 Å². The van der Waals surface area contributed by atoms with Crippen molar-refractivity contribution in [2.24, 2.45) is 0 Å². The second kappa shape index (κ2) is 7.92. The van der Waals surface area contributed by atoms with Gasteiger partial charge in [0.2, 0.25) is 0 Å². The normalized spacial score (nSPS) is 11.6. The highest BCUT2D eigenvalue weighted by atomic mass is 35.5. The highest BCUT2D eigenvalue weighted by molar-refractivity contribution is 7.90. The van der Waals surface area contributed by atoms with Crippen LogP contribution in [0.4, 0.5) is 0 Å². The summed E-state index contributed by atoms with van der Waals surface area (Å²) in [5.74, 6) is 0. The Hall–Kier alpha value is -2.18. The molecule has 4 rings (SSSR count). The summed E-state index contributed by atoms with van der Waals surface area (Å²) in [6, 6.07) is 21.8. The van der Waals surface area contributed by atoms with E-state index in [0.29, 0.717) is 21.3 Å². The molecule has 1 heterocycles. The van der Waals surface area contributed by atoms with Crippen molar-refractivity contribution in [3.05, 3.63) is 82.8 Å². The molecule has 0 atom stereocenters. The summed E-state index contributed by atoms with van der Waals surface area (Å²) < 4.78 is 24.8. The van der Waals surface area contributed by atoms with Crippen molar-refractivity contribution in [2.75, 3.05) is 6.26 Å². The maximum atomic E-state index is 12.4. The van der Waals surface area contributed by atoms with E-state index >= 15 is 0 Å². The first-order chi connectivity index (χ1) is 13.8. The number of nitrogens with zero attached hydrogens (tertiary/aromatic N) is 1. The zero-order valence-corrected chi connectivity index (χ0v) is 18.4. The van der Waals surface area contributed by atoms with Gasteiger partial charge in [-0.2, -0.15) is 0 Å². The Labute approximate surface area is 183 Å². The molecule has 3 nitrogen and oxygen atoms in total. The number of aromatic nitrogens is 1. The molecular weight excluding hydrogens is 445 g/mol. The molecule has 0 amide bonds. The van der Waals surface area contributed by atoms with E-state index in [0.717, 1.165) is 21.0 Å². The van der Waals surface area contributed by atoms with Crippen LogP contribution in [0.1, 0.15) is 0 Å². The van der Waals surface area contributed by atoms with Crippen LogP contribution in [-0.2, 0) is 9.84 Å². The molecule has 0 N–H and O–H groups in total. The van der Waals surface area contributed by atoms with Crippen LogP contribution >= 0.6 is 34.5 Å². The van der Waals surface area contributed by atoms with Crippen molar-refractivity contribution in [2.45, 2.75) is 4.90 Å². The van der Waals surface area contributed by atoms with Gasteiger partial charge in [0.1, 0.15) is 5.01 Å². The Bertz CT molecular complexity index is 1300. The fourth-order valence-corrected chi connectivity index (χ4v) is 5.46. The molecule has 7 heteroatoms. The highest BCUT2D eigenvalue weighted by Crippen LogP contribution is 2.43. The molecule has 3 aromatic carbocycles. The molecule has 4 aromatic rings. The minimum absolute atomic E-state index is 0.242. The van der Waals surface area contributed by atoms with E-state index in [1.54, 1.807) is 30.3 Å². The van der Waals surface area contributed by atoms with Crippen molar-refractivity contribution < 1.29 is 8.42 Å². The topological polar surface area (TPSA) is 47.0 Å². The van der Waals surface area contributed by atoms with Crippen LogP contribution in [0, 0.1) is 0 Å². The summed E-state index contributed by atoms with van der Waals surface area (Å²) in [5, 5.41) is 1.94. The molecule has 0 spiro atoms. The number of hydrogen-bond acceptors (Lipinski definition) is 4. The van der Waals surface area contributed by atoms with Gasteiger partial charge in [-0.15, -0.1) is 11.3 Å². The Kier molecular flexibility index (Phi) is 5.49. The van der Waals surface area contributed by atoms with Gasteiger partial charge in [0, 0.05) is 22.4 Å². The van der Waals surface area contributed by atoms with Crippen molar-refractivity contribution in [3.63, 3.8) is 0 Å². The van der Waals surface area contributed by atoms with E-state index in [-0.39, 0.29) is 4.90 Å². The summed E-state index contributed by atoms with van der Waals surface area (Å²) in [6.07, 6.45) is 1.20. The lowest BCUT2D eigenvalue weighted by Gasteiger charge is -2.08. The van der Waals surface area contributed by atoms with E-state index < -0.39 is 9.84 Å². The van der Waals surface area contributed by atoms with Gasteiger partial charge in [0.25, 0.3) is 0 Å². The third-order valence-corrected chi connectivity index (χ3v) is 7.25. The van der Waals surface area contributed by atoms with Crippen LogP contribution < -0.4 is 0 Å². The molecule has 1 aromatic heterocycles. The summed E-state index contributed by atoms with van der Waals surface area (Å²) in [7, 11) is -3.43. The van der Waals surface area contributed by atoms with Crippen LogP contribution in [0.15, 0.2) is 77.7 Å². The van der Waals surface area contributed by atoms with Crippen LogP contribution in [0.25, 0.3) is 32.3 Å². The SMILES string of the molecule is CS(=O)(=O)c1ccccc1-c1nc(-c2ccccc2Cl)sc1-c1ccc(Cl)cc1. The fourth-order valence-electron chi connectivity index (χ4n) is 3.04. The molecule has 29 heavy (non-hydrogen) atoms. The van der Waals surface area contributed by atoms with Gasteiger partial charge in [-0.1, -0.05) is 71.7 Å². The molecule has 0 bridgehead atoms. The zero-order chi connectivity index (χ0) is 20.6. The van der Waals surface area contributed by atoms with Gasteiger partial charge in [0.05, 0.1) is 20.5 Å². The zero-order valence-electron chi connectivity index (χ0n) is 15.3. The van der Waals surface area contributed by atoms with Gasteiger partial charge >= 0.3 is 0 Å². The predicted octanol–water partition coefficient (Wildman–Crippen LogP) is 6.85. The maximum Gasteiger partial charge on any atom is 0.176 e. The number of hydrogen-bond donors (Lipinski definition) is 0. The van der Waals surface area contributed by atoms with Crippen LogP contribution in [0.3, 0.4) is 0 Å². The van der Waals surface area contributed by atoms with E-state index in [9.17, 15) is 8.42 Å². The van der Waals surface area contributed by atoms with Gasteiger partial charge in [0.15, 0.2) is 9.84 Å². The minimum Gasteiger partial charge on any atom is -0.235 e. The summed E-state index contributed by atoms with van der Waals surface area (Å²) in [5.41, 5.74) is 2.88. The molecule has 0 unspecified atom stereocenters. The first-order valence-corrected chi connectivity index (χ1v) is 12.1. The van der Waals surface area contributed by atoms with Crippen LogP contribution in [0.2, 0.25) is 10.0 Å². The van der Waals surface area contributed by atoms with Crippen molar-refractivity contribution in [1.29, 1.82) is 0 Å². The largest absolute Gasteiger partial charge is 0.235 e. The minimum atomic E-state index is -3.43. The van der Waals surface area contributed by atoms with Crippen LogP contribution in [-0.4, -0.2) is 19.7 Å². The Morgan fingerprint density at radius 2 is 1.45 bits per heavy atom. The van der Waals surface area contributed by atoms with Gasteiger partial charge in [-0.05, 0) is 29.8 Å². The highest BCUT2D eigenvalue weighted by Gasteiger charge is 2.22. The number of sulfone groups is 1. The molecule has 0 aliphatic heterocycles. The summed E-state index contributed by atoms with van der Waals surface area (Å²) in [4.78, 5) is 5.92. The van der Waals surface area contributed by atoms with Crippen LogP contribution in [0.5, 0.6) is 0 Å². The number of thiazole rings is 1. The number of benzene rings is 3. The first-order valence-electron chi connectivity index (χ1n) is 8.66.